The highest BCUT2D eigenvalue weighted by Crippen LogP contribution is 2.24. The standard InChI is InChI=1S/C13H13ClN2O/c1-9(2)12-6-7-16(15-12)13-10(8-17)4-3-5-11(13)14/h3-9H,1-2H3. The molecule has 0 aliphatic heterocycles. The van der Waals surface area contributed by atoms with Gasteiger partial charge in [0, 0.05) is 11.8 Å². The maximum absolute atomic E-state index is 11.0. The van der Waals surface area contributed by atoms with Gasteiger partial charge in [0.05, 0.1) is 16.4 Å². The zero-order valence-electron chi connectivity index (χ0n) is 9.72. The molecule has 17 heavy (non-hydrogen) atoms. The lowest BCUT2D eigenvalue weighted by atomic mass is 10.1. The third kappa shape index (κ3) is 2.24. The molecule has 0 spiro atoms. The topological polar surface area (TPSA) is 34.9 Å². The van der Waals surface area contributed by atoms with Crippen molar-refractivity contribution in [3.63, 3.8) is 0 Å². The lowest BCUT2D eigenvalue weighted by molar-refractivity contribution is 0.112. The fraction of sp³-hybridized carbons (Fsp3) is 0.231. The molecule has 4 heteroatoms. The first kappa shape index (κ1) is 11.9. The summed E-state index contributed by atoms with van der Waals surface area (Å²) in [5, 5.41) is 4.94. The molecule has 0 atom stereocenters. The number of aromatic nitrogens is 2. The van der Waals surface area contributed by atoms with E-state index >= 15 is 0 Å². The number of hydrogen-bond donors (Lipinski definition) is 0. The van der Waals surface area contributed by atoms with Gasteiger partial charge in [0.1, 0.15) is 0 Å². The van der Waals surface area contributed by atoms with E-state index < -0.39 is 0 Å². The van der Waals surface area contributed by atoms with Crippen LogP contribution in [0.5, 0.6) is 0 Å². The number of hydrogen-bond acceptors (Lipinski definition) is 2. The smallest absolute Gasteiger partial charge is 0.152 e. The van der Waals surface area contributed by atoms with Gasteiger partial charge in [0.25, 0.3) is 0 Å². The predicted octanol–water partition coefficient (Wildman–Crippen LogP) is 3.46. The number of carbonyl (C=O) groups excluding carboxylic acids is 1. The Morgan fingerprint density at radius 1 is 1.35 bits per heavy atom. The monoisotopic (exact) mass is 248 g/mol. The van der Waals surface area contributed by atoms with E-state index in [9.17, 15) is 4.79 Å². The normalized spacial score (nSPS) is 10.8. The summed E-state index contributed by atoms with van der Waals surface area (Å²) in [6, 6.07) is 7.16. The second kappa shape index (κ2) is 4.72. The summed E-state index contributed by atoms with van der Waals surface area (Å²) in [6.45, 7) is 4.14. The third-order valence-corrected chi connectivity index (χ3v) is 2.88. The minimum Gasteiger partial charge on any atom is -0.298 e. The van der Waals surface area contributed by atoms with Crippen molar-refractivity contribution in [1.82, 2.24) is 9.78 Å². The zero-order valence-corrected chi connectivity index (χ0v) is 10.5. The Balaban J connectivity index is 2.55. The maximum Gasteiger partial charge on any atom is 0.152 e. The van der Waals surface area contributed by atoms with E-state index in [1.54, 1.807) is 22.9 Å². The van der Waals surface area contributed by atoms with Crippen LogP contribution in [0.25, 0.3) is 5.69 Å². The molecule has 88 valence electrons. The molecule has 0 saturated heterocycles. The Hall–Kier alpha value is -1.61. The summed E-state index contributed by atoms with van der Waals surface area (Å²) < 4.78 is 1.65. The molecule has 1 aromatic heterocycles. The maximum atomic E-state index is 11.0. The Labute approximate surface area is 105 Å². The van der Waals surface area contributed by atoms with Gasteiger partial charge >= 0.3 is 0 Å². The number of halogens is 1. The van der Waals surface area contributed by atoms with E-state index in [1.807, 2.05) is 12.3 Å². The van der Waals surface area contributed by atoms with E-state index in [-0.39, 0.29) is 0 Å². The summed E-state index contributed by atoms with van der Waals surface area (Å²) >= 11 is 6.11. The molecule has 0 amide bonds. The molecule has 0 bridgehead atoms. The van der Waals surface area contributed by atoms with Crippen LogP contribution in [-0.4, -0.2) is 16.1 Å². The molecule has 0 fully saturated rings. The van der Waals surface area contributed by atoms with Crippen molar-refractivity contribution in [2.24, 2.45) is 0 Å². The number of benzene rings is 1. The van der Waals surface area contributed by atoms with Crippen molar-refractivity contribution in [1.29, 1.82) is 0 Å². The van der Waals surface area contributed by atoms with Gasteiger partial charge in [0.15, 0.2) is 6.29 Å². The van der Waals surface area contributed by atoms with Crippen molar-refractivity contribution in [2.45, 2.75) is 19.8 Å². The highest BCUT2D eigenvalue weighted by molar-refractivity contribution is 6.32. The molecule has 0 aliphatic carbocycles. The fourth-order valence-electron chi connectivity index (χ4n) is 1.64. The van der Waals surface area contributed by atoms with E-state index in [1.165, 1.54) is 0 Å². The SMILES string of the molecule is CC(C)c1ccn(-c2c(Cl)cccc2C=O)n1. The molecule has 1 aromatic carbocycles. The molecule has 2 rings (SSSR count). The predicted molar refractivity (Wildman–Crippen MR) is 68.1 cm³/mol. The van der Waals surface area contributed by atoms with Crippen LogP contribution in [0.2, 0.25) is 5.02 Å². The summed E-state index contributed by atoms with van der Waals surface area (Å²) in [5.74, 6) is 0.346. The Kier molecular flexibility index (Phi) is 3.29. The quantitative estimate of drug-likeness (QED) is 0.780. The molecule has 3 nitrogen and oxygen atoms in total. The van der Waals surface area contributed by atoms with E-state index in [4.69, 9.17) is 11.6 Å². The van der Waals surface area contributed by atoms with Crippen molar-refractivity contribution >= 4 is 17.9 Å². The highest BCUT2D eigenvalue weighted by atomic mass is 35.5. The van der Waals surface area contributed by atoms with Crippen LogP contribution in [0.1, 0.15) is 35.8 Å². The van der Waals surface area contributed by atoms with Crippen molar-refractivity contribution in [3.8, 4) is 5.69 Å². The van der Waals surface area contributed by atoms with Gasteiger partial charge < -0.3 is 0 Å². The Bertz CT molecular complexity index is 546. The Morgan fingerprint density at radius 2 is 2.12 bits per heavy atom. The molecular weight excluding hydrogens is 236 g/mol. The summed E-state index contributed by atoms with van der Waals surface area (Å²) in [6.07, 6.45) is 2.61. The molecule has 1 heterocycles. The van der Waals surface area contributed by atoms with Crippen LogP contribution in [0.15, 0.2) is 30.5 Å². The molecule has 0 unspecified atom stereocenters. The van der Waals surface area contributed by atoms with Gasteiger partial charge in [0.2, 0.25) is 0 Å². The van der Waals surface area contributed by atoms with Gasteiger partial charge in [-0.2, -0.15) is 5.10 Å². The fourth-order valence-corrected chi connectivity index (χ4v) is 1.91. The lowest BCUT2D eigenvalue weighted by Crippen LogP contribution is -2.02. The molecule has 0 N–H and O–H groups in total. The first-order valence-corrected chi connectivity index (χ1v) is 5.81. The summed E-state index contributed by atoms with van der Waals surface area (Å²) in [7, 11) is 0. The minimum atomic E-state index is 0.346. The molecule has 2 aromatic rings. The number of rotatable bonds is 3. The largest absolute Gasteiger partial charge is 0.298 e. The van der Waals surface area contributed by atoms with Gasteiger partial charge in [-0.25, -0.2) is 4.68 Å². The molecule has 0 aliphatic rings. The number of aldehydes is 1. The van der Waals surface area contributed by atoms with Crippen LogP contribution < -0.4 is 0 Å². The first-order valence-electron chi connectivity index (χ1n) is 5.43. The summed E-state index contributed by atoms with van der Waals surface area (Å²) in [4.78, 5) is 11.0. The molecular formula is C13H13ClN2O. The molecule has 0 radical (unpaired) electrons. The highest BCUT2D eigenvalue weighted by Gasteiger charge is 2.11. The molecule has 0 saturated carbocycles. The Morgan fingerprint density at radius 3 is 2.71 bits per heavy atom. The van der Waals surface area contributed by atoms with Crippen LogP contribution in [0.4, 0.5) is 0 Å². The number of carbonyl (C=O) groups is 1. The van der Waals surface area contributed by atoms with Crippen molar-refractivity contribution in [2.75, 3.05) is 0 Å². The number of nitrogens with zero attached hydrogens (tertiary/aromatic N) is 2. The van der Waals surface area contributed by atoms with Crippen molar-refractivity contribution in [3.05, 3.63) is 46.7 Å². The lowest BCUT2D eigenvalue weighted by Gasteiger charge is -2.07. The van der Waals surface area contributed by atoms with Crippen LogP contribution >= 0.6 is 11.6 Å². The zero-order chi connectivity index (χ0) is 12.4. The minimum absolute atomic E-state index is 0.346. The van der Waals surface area contributed by atoms with E-state index in [2.05, 4.69) is 18.9 Å². The summed E-state index contributed by atoms with van der Waals surface area (Å²) in [5.41, 5.74) is 2.15. The van der Waals surface area contributed by atoms with E-state index in [0.29, 0.717) is 22.2 Å². The van der Waals surface area contributed by atoms with Gasteiger partial charge in [-0.1, -0.05) is 31.5 Å². The van der Waals surface area contributed by atoms with Crippen LogP contribution in [0.3, 0.4) is 0 Å². The van der Waals surface area contributed by atoms with Gasteiger partial charge in [-0.3, -0.25) is 4.79 Å². The average molecular weight is 249 g/mol. The van der Waals surface area contributed by atoms with Crippen LogP contribution in [-0.2, 0) is 0 Å². The first-order chi connectivity index (χ1) is 8.13. The second-order valence-corrected chi connectivity index (χ2v) is 4.54. The van der Waals surface area contributed by atoms with E-state index in [0.717, 1.165) is 12.0 Å². The third-order valence-electron chi connectivity index (χ3n) is 2.58. The number of para-hydroxylation sites is 1. The van der Waals surface area contributed by atoms with Gasteiger partial charge in [-0.05, 0) is 24.1 Å². The second-order valence-electron chi connectivity index (χ2n) is 4.14. The average Bonchev–Trinajstić information content (AvgIpc) is 2.77. The van der Waals surface area contributed by atoms with Crippen molar-refractivity contribution < 1.29 is 4.79 Å². The van der Waals surface area contributed by atoms with Crippen LogP contribution in [0, 0.1) is 0 Å². The van der Waals surface area contributed by atoms with Gasteiger partial charge in [-0.15, -0.1) is 0 Å².